The van der Waals surface area contributed by atoms with E-state index in [9.17, 15) is 4.79 Å². The molecule has 1 heterocycles. The minimum atomic E-state index is -0.310. The lowest BCUT2D eigenvalue weighted by Crippen LogP contribution is -2.07. The first-order valence-corrected chi connectivity index (χ1v) is 6.07. The Balaban J connectivity index is 1.75. The fraction of sp³-hybridized carbons (Fsp3) is 0.188. The topological polar surface area (TPSA) is 29.6 Å². The molecule has 0 aliphatic carbocycles. The average Bonchev–Trinajstić information content (AvgIpc) is 3.20. The highest BCUT2D eigenvalue weighted by molar-refractivity contribution is 6.01. The molecule has 3 rings (SSSR count). The van der Waals surface area contributed by atoms with E-state index in [2.05, 4.69) is 0 Å². The van der Waals surface area contributed by atoms with Crippen molar-refractivity contribution in [1.29, 1.82) is 0 Å². The largest absolute Gasteiger partial charge is 0.356 e. The van der Waals surface area contributed by atoms with E-state index in [4.69, 9.17) is 4.74 Å². The monoisotopic (exact) mass is 238 g/mol. The molecule has 2 aromatic rings. The first-order chi connectivity index (χ1) is 8.75. The van der Waals surface area contributed by atoms with Crippen LogP contribution in [0.2, 0.25) is 0 Å². The molecule has 1 aliphatic heterocycles. The van der Waals surface area contributed by atoms with E-state index in [0.29, 0.717) is 0 Å². The molecule has 0 spiro atoms. The molecule has 2 nitrogen and oxygen atoms in total. The van der Waals surface area contributed by atoms with Gasteiger partial charge in [-0.3, -0.25) is 4.79 Å². The van der Waals surface area contributed by atoms with Crippen LogP contribution in [0.15, 0.2) is 54.6 Å². The lowest BCUT2D eigenvalue weighted by molar-refractivity contribution is 0.0953. The number of aryl methyl sites for hydroxylation is 1. The maximum absolute atomic E-state index is 12.1. The number of ether oxygens (including phenoxy) is 1. The highest BCUT2D eigenvalue weighted by atomic mass is 16.6. The normalized spacial score (nSPS) is 21.6. The van der Waals surface area contributed by atoms with E-state index in [0.717, 1.165) is 11.1 Å². The molecule has 18 heavy (non-hydrogen) atoms. The van der Waals surface area contributed by atoms with Gasteiger partial charge in [-0.1, -0.05) is 60.2 Å². The van der Waals surface area contributed by atoms with Gasteiger partial charge in [0.15, 0.2) is 11.9 Å². The van der Waals surface area contributed by atoms with Crippen LogP contribution in [0, 0.1) is 6.92 Å². The number of ketones is 1. The maximum atomic E-state index is 12.1. The highest BCUT2D eigenvalue weighted by Gasteiger charge is 2.45. The molecule has 1 aliphatic rings. The van der Waals surface area contributed by atoms with Crippen LogP contribution in [0.5, 0.6) is 0 Å². The molecule has 2 heteroatoms. The molecular formula is C16H14O2. The van der Waals surface area contributed by atoms with Crippen molar-refractivity contribution in [2.24, 2.45) is 0 Å². The van der Waals surface area contributed by atoms with Crippen LogP contribution in [0.1, 0.15) is 27.6 Å². The van der Waals surface area contributed by atoms with Crippen molar-refractivity contribution in [2.45, 2.75) is 19.1 Å². The molecule has 0 radical (unpaired) electrons. The average molecular weight is 238 g/mol. The molecule has 0 N–H and O–H groups in total. The number of hydrogen-bond acceptors (Lipinski definition) is 2. The summed E-state index contributed by atoms with van der Waals surface area (Å²) in [6, 6.07) is 17.4. The van der Waals surface area contributed by atoms with Crippen LogP contribution in [0.4, 0.5) is 0 Å². The second kappa shape index (κ2) is 4.39. The van der Waals surface area contributed by atoms with Crippen LogP contribution >= 0.6 is 0 Å². The van der Waals surface area contributed by atoms with E-state index >= 15 is 0 Å². The number of epoxide rings is 1. The van der Waals surface area contributed by atoms with E-state index in [1.165, 1.54) is 5.56 Å². The summed E-state index contributed by atoms with van der Waals surface area (Å²) >= 11 is 0. The van der Waals surface area contributed by atoms with Gasteiger partial charge in [-0.2, -0.15) is 0 Å². The van der Waals surface area contributed by atoms with Gasteiger partial charge in [0.25, 0.3) is 0 Å². The number of rotatable bonds is 3. The van der Waals surface area contributed by atoms with Gasteiger partial charge in [-0.05, 0) is 12.5 Å². The Morgan fingerprint density at radius 3 is 2.33 bits per heavy atom. The number of carbonyl (C=O) groups excluding carboxylic acids is 1. The number of Topliss-reactive ketones (excluding diaryl/α,β-unsaturated/α-hetero) is 1. The summed E-state index contributed by atoms with van der Waals surface area (Å²) in [4.78, 5) is 12.1. The fourth-order valence-corrected chi connectivity index (χ4v) is 2.09. The zero-order chi connectivity index (χ0) is 12.5. The van der Waals surface area contributed by atoms with Crippen molar-refractivity contribution in [2.75, 3.05) is 0 Å². The summed E-state index contributed by atoms with van der Waals surface area (Å²) in [5, 5.41) is 0. The SMILES string of the molecule is Cc1ccc(C2OC2C(=O)c2ccccc2)cc1. The molecule has 2 unspecified atom stereocenters. The standard InChI is InChI=1S/C16H14O2/c1-11-7-9-13(10-8-11)15-16(18-15)14(17)12-5-3-2-4-6-12/h2-10,15-16H,1H3. The molecule has 2 atom stereocenters. The van der Waals surface area contributed by atoms with Crippen LogP contribution in [-0.2, 0) is 4.74 Å². The van der Waals surface area contributed by atoms with E-state index in [1.54, 1.807) is 0 Å². The minimum Gasteiger partial charge on any atom is -0.356 e. The zero-order valence-electron chi connectivity index (χ0n) is 10.2. The summed E-state index contributed by atoms with van der Waals surface area (Å²) in [7, 11) is 0. The lowest BCUT2D eigenvalue weighted by Gasteiger charge is -1.98. The van der Waals surface area contributed by atoms with Crippen molar-refractivity contribution in [3.8, 4) is 0 Å². The van der Waals surface area contributed by atoms with Gasteiger partial charge in [0.2, 0.25) is 0 Å². The molecule has 90 valence electrons. The van der Waals surface area contributed by atoms with Gasteiger partial charge >= 0.3 is 0 Å². The summed E-state index contributed by atoms with van der Waals surface area (Å²) in [6.07, 6.45) is -0.381. The van der Waals surface area contributed by atoms with E-state index < -0.39 is 0 Å². The zero-order valence-corrected chi connectivity index (χ0v) is 10.2. The summed E-state index contributed by atoms with van der Waals surface area (Å²) in [5.74, 6) is 0.0705. The minimum absolute atomic E-state index is 0.0705. The Morgan fingerprint density at radius 2 is 1.67 bits per heavy atom. The molecule has 0 bridgehead atoms. The number of hydrogen-bond donors (Lipinski definition) is 0. The molecule has 0 aromatic heterocycles. The Bertz CT molecular complexity index is 557. The summed E-state index contributed by atoms with van der Waals surface area (Å²) in [6.45, 7) is 2.05. The van der Waals surface area contributed by atoms with Gasteiger partial charge in [0.1, 0.15) is 6.10 Å². The Hall–Kier alpha value is -1.93. The third-order valence-corrected chi connectivity index (χ3v) is 3.21. The predicted molar refractivity (Wildman–Crippen MR) is 69.6 cm³/mol. The van der Waals surface area contributed by atoms with Gasteiger partial charge in [0.05, 0.1) is 0 Å². The summed E-state index contributed by atoms with van der Waals surface area (Å²) < 4.78 is 5.51. The van der Waals surface area contributed by atoms with Gasteiger partial charge < -0.3 is 4.74 Å². The Morgan fingerprint density at radius 1 is 1.00 bits per heavy atom. The van der Waals surface area contributed by atoms with E-state index in [1.807, 2.05) is 61.5 Å². The predicted octanol–water partition coefficient (Wildman–Crippen LogP) is 3.32. The Kier molecular flexibility index (Phi) is 2.73. The van der Waals surface area contributed by atoms with Crippen LogP contribution < -0.4 is 0 Å². The van der Waals surface area contributed by atoms with Crippen LogP contribution in [-0.4, -0.2) is 11.9 Å². The molecule has 1 fully saturated rings. The lowest BCUT2D eigenvalue weighted by atomic mass is 10.0. The Labute approximate surface area is 106 Å². The van der Waals surface area contributed by atoms with Crippen molar-refractivity contribution >= 4 is 5.78 Å². The molecule has 0 saturated carbocycles. The third kappa shape index (κ3) is 2.07. The molecule has 1 saturated heterocycles. The molecule has 0 amide bonds. The molecule has 2 aromatic carbocycles. The van der Waals surface area contributed by atoms with Crippen LogP contribution in [0.3, 0.4) is 0 Å². The van der Waals surface area contributed by atoms with Gasteiger partial charge in [-0.15, -0.1) is 0 Å². The van der Waals surface area contributed by atoms with Gasteiger partial charge in [0, 0.05) is 5.56 Å². The van der Waals surface area contributed by atoms with Crippen molar-refractivity contribution < 1.29 is 9.53 Å². The van der Waals surface area contributed by atoms with Crippen LogP contribution in [0.25, 0.3) is 0 Å². The fourth-order valence-electron chi connectivity index (χ4n) is 2.09. The smallest absolute Gasteiger partial charge is 0.194 e. The number of benzene rings is 2. The van der Waals surface area contributed by atoms with Gasteiger partial charge in [-0.25, -0.2) is 0 Å². The summed E-state index contributed by atoms with van der Waals surface area (Å²) in [5.41, 5.74) is 3.01. The molecular weight excluding hydrogens is 224 g/mol. The number of carbonyl (C=O) groups is 1. The first-order valence-electron chi connectivity index (χ1n) is 6.07. The second-order valence-corrected chi connectivity index (χ2v) is 4.62. The highest BCUT2D eigenvalue weighted by Crippen LogP contribution is 2.40. The van der Waals surface area contributed by atoms with Crippen molar-refractivity contribution in [3.63, 3.8) is 0 Å². The van der Waals surface area contributed by atoms with Crippen molar-refractivity contribution in [3.05, 3.63) is 71.3 Å². The maximum Gasteiger partial charge on any atom is 0.194 e. The van der Waals surface area contributed by atoms with E-state index in [-0.39, 0.29) is 18.0 Å². The first kappa shape index (κ1) is 11.2. The quantitative estimate of drug-likeness (QED) is 0.606. The third-order valence-electron chi connectivity index (χ3n) is 3.21. The second-order valence-electron chi connectivity index (χ2n) is 4.62. The van der Waals surface area contributed by atoms with Crippen molar-refractivity contribution in [1.82, 2.24) is 0 Å².